The molecule has 1 fully saturated rings. The van der Waals surface area contributed by atoms with Crippen LogP contribution in [0.15, 0.2) is 28.7 Å². The lowest BCUT2D eigenvalue weighted by Crippen LogP contribution is -2.52. The van der Waals surface area contributed by atoms with Crippen LogP contribution in [0.5, 0.6) is 0 Å². The normalized spacial score (nSPS) is 22.3. The van der Waals surface area contributed by atoms with Gasteiger partial charge in [0, 0.05) is 34.1 Å². The Labute approximate surface area is 125 Å². The van der Waals surface area contributed by atoms with Gasteiger partial charge in [0.15, 0.2) is 0 Å². The number of benzene rings is 1. The van der Waals surface area contributed by atoms with E-state index in [2.05, 4.69) is 15.9 Å². The van der Waals surface area contributed by atoms with Crippen LogP contribution < -0.4 is 0 Å². The lowest BCUT2D eigenvalue weighted by molar-refractivity contribution is -0.130. The van der Waals surface area contributed by atoms with Gasteiger partial charge in [-0.15, -0.1) is 0 Å². The average Bonchev–Trinajstić information content (AvgIpc) is 2.32. The minimum atomic E-state index is -0.839. The van der Waals surface area contributed by atoms with E-state index in [4.69, 9.17) is 0 Å². The molecular formula is C14H18BrNO2S. The fourth-order valence-electron chi connectivity index (χ4n) is 2.23. The summed E-state index contributed by atoms with van der Waals surface area (Å²) < 4.78 is 12.5. The molecule has 1 aliphatic heterocycles. The van der Waals surface area contributed by atoms with Gasteiger partial charge in [0.1, 0.15) is 0 Å². The summed E-state index contributed by atoms with van der Waals surface area (Å²) in [5.74, 6) is 0.694. The van der Waals surface area contributed by atoms with Crippen LogP contribution in [0.25, 0.3) is 0 Å². The summed E-state index contributed by atoms with van der Waals surface area (Å²) in [4.78, 5) is 14.1. The first-order chi connectivity index (χ1) is 8.88. The van der Waals surface area contributed by atoms with Gasteiger partial charge in [0.2, 0.25) is 5.91 Å². The topological polar surface area (TPSA) is 37.4 Å². The van der Waals surface area contributed by atoms with Crippen molar-refractivity contribution in [2.45, 2.75) is 25.0 Å². The van der Waals surface area contributed by atoms with Crippen molar-refractivity contribution in [3.8, 4) is 0 Å². The van der Waals surface area contributed by atoms with E-state index in [0.29, 0.717) is 25.3 Å². The molecule has 0 aromatic heterocycles. The Kier molecular flexibility index (Phi) is 4.46. The van der Waals surface area contributed by atoms with Crippen LogP contribution in [0.1, 0.15) is 19.4 Å². The molecule has 19 heavy (non-hydrogen) atoms. The second kappa shape index (κ2) is 5.75. The Morgan fingerprint density at radius 1 is 1.47 bits per heavy atom. The smallest absolute Gasteiger partial charge is 0.227 e. The van der Waals surface area contributed by atoms with Crippen molar-refractivity contribution < 1.29 is 9.00 Å². The molecular weight excluding hydrogens is 326 g/mol. The molecule has 2 rings (SSSR count). The number of hydrogen-bond donors (Lipinski definition) is 0. The van der Waals surface area contributed by atoms with Gasteiger partial charge in [-0.2, -0.15) is 0 Å². The van der Waals surface area contributed by atoms with E-state index >= 15 is 0 Å². The Balaban J connectivity index is 2.03. The van der Waals surface area contributed by atoms with Crippen molar-refractivity contribution >= 4 is 32.6 Å². The minimum Gasteiger partial charge on any atom is -0.340 e. The fraction of sp³-hybridized carbons (Fsp3) is 0.500. The monoisotopic (exact) mass is 343 g/mol. The maximum atomic E-state index is 12.3. The molecule has 1 aromatic carbocycles. The second-order valence-corrected chi connectivity index (χ2v) is 8.55. The van der Waals surface area contributed by atoms with Crippen molar-refractivity contribution in [3.05, 3.63) is 34.3 Å². The second-order valence-electron chi connectivity index (χ2n) is 5.43. The van der Waals surface area contributed by atoms with Crippen LogP contribution in [-0.4, -0.2) is 38.6 Å². The van der Waals surface area contributed by atoms with E-state index in [9.17, 15) is 9.00 Å². The van der Waals surface area contributed by atoms with E-state index in [0.717, 1.165) is 10.0 Å². The summed E-state index contributed by atoms with van der Waals surface area (Å²) in [6, 6.07) is 7.80. The molecule has 1 aliphatic rings. The molecule has 0 aliphatic carbocycles. The van der Waals surface area contributed by atoms with Gasteiger partial charge in [0.05, 0.1) is 11.2 Å². The minimum absolute atomic E-state index is 0.114. The molecule has 104 valence electrons. The first kappa shape index (κ1) is 14.7. The first-order valence-electron chi connectivity index (χ1n) is 6.29. The van der Waals surface area contributed by atoms with Crippen LogP contribution >= 0.6 is 15.9 Å². The summed E-state index contributed by atoms with van der Waals surface area (Å²) in [5, 5.41) is 0. The molecule has 1 saturated heterocycles. The van der Waals surface area contributed by atoms with Gasteiger partial charge >= 0.3 is 0 Å². The number of carbonyl (C=O) groups is 1. The predicted octanol–water partition coefficient (Wildman–Crippen LogP) is 2.36. The van der Waals surface area contributed by atoms with E-state index < -0.39 is 10.8 Å². The van der Waals surface area contributed by atoms with Crippen molar-refractivity contribution in [2.75, 3.05) is 18.8 Å². The summed E-state index contributed by atoms with van der Waals surface area (Å²) in [6.45, 7) is 5.10. The maximum absolute atomic E-state index is 12.3. The molecule has 1 atom stereocenters. The van der Waals surface area contributed by atoms with Crippen LogP contribution in [0.3, 0.4) is 0 Å². The molecule has 1 heterocycles. The molecule has 0 radical (unpaired) electrons. The average molecular weight is 344 g/mol. The van der Waals surface area contributed by atoms with E-state index in [-0.39, 0.29) is 10.7 Å². The van der Waals surface area contributed by atoms with E-state index in [1.807, 2.05) is 43.0 Å². The van der Waals surface area contributed by atoms with Gasteiger partial charge in [-0.3, -0.25) is 9.00 Å². The Hall–Kier alpha value is -0.680. The quantitative estimate of drug-likeness (QED) is 0.826. The van der Waals surface area contributed by atoms with Crippen molar-refractivity contribution in [1.82, 2.24) is 4.90 Å². The van der Waals surface area contributed by atoms with Crippen molar-refractivity contribution in [1.29, 1.82) is 0 Å². The number of nitrogens with zero attached hydrogens (tertiary/aromatic N) is 1. The molecule has 0 unspecified atom stereocenters. The molecule has 3 nitrogen and oxygen atoms in total. The number of amides is 1. The standard InChI is InChI=1S/C14H18BrNO2S/c1-14(2)10-16(6-7-19(14)18)13(17)9-11-4-3-5-12(15)8-11/h3-5,8H,6-7,9-10H2,1-2H3/t19-/m1/s1. The largest absolute Gasteiger partial charge is 0.340 e. The van der Waals surface area contributed by atoms with Gasteiger partial charge < -0.3 is 4.90 Å². The summed E-state index contributed by atoms with van der Waals surface area (Å²) in [6.07, 6.45) is 0.405. The number of hydrogen-bond acceptors (Lipinski definition) is 2. The van der Waals surface area contributed by atoms with Crippen LogP contribution in [0, 0.1) is 0 Å². The highest BCUT2D eigenvalue weighted by Gasteiger charge is 2.34. The summed E-state index contributed by atoms with van der Waals surface area (Å²) >= 11 is 3.41. The Morgan fingerprint density at radius 2 is 2.21 bits per heavy atom. The predicted molar refractivity (Wildman–Crippen MR) is 81.5 cm³/mol. The molecule has 0 bridgehead atoms. The highest BCUT2D eigenvalue weighted by atomic mass is 79.9. The van der Waals surface area contributed by atoms with Crippen LogP contribution in [0.2, 0.25) is 0 Å². The molecule has 1 aromatic rings. The number of rotatable bonds is 2. The maximum Gasteiger partial charge on any atom is 0.227 e. The van der Waals surface area contributed by atoms with Crippen molar-refractivity contribution in [3.63, 3.8) is 0 Å². The lowest BCUT2D eigenvalue weighted by atomic mass is 10.1. The zero-order valence-electron chi connectivity index (χ0n) is 11.2. The number of carbonyl (C=O) groups excluding carboxylic acids is 1. The Morgan fingerprint density at radius 3 is 2.84 bits per heavy atom. The molecule has 1 amide bonds. The van der Waals surface area contributed by atoms with E-state index in [1.54, 1.807) is 0 Å². The zero-order chi connectivity index (χ0) is 14.0. The SMILES string of the molecule is CC1(C)CN(C(=O)Cc2cccc(Br)c2)CC[S@]1=O. The first-order valence-corrected chi connectivity index (χ1v) is 8.40. The van der Waals surface area contributed by atoms with Crippen LogP contribution in [0.4, 0.5) is 0 Å². The summed E-state index contributed by atoms with van der Waals surface area (Å²) in [5.41, 5.74) is 1.00. The summed E-state index contributed by atoms with van der Waals surface area (Å²) in [7, 11) is -0.839. The third-order valence-electron chi connectivity index (χ3n) is 3.33. The third kappa shape index (κ3) is 3.66. The Bertz CT molecular complexity index is 516. The highest BCUT2D eigenvalue weighted by molar-refractivity contribution is 9.10. The molecule has 0 N–H and O–H groups in total. The highest BCUT2D eigenvalue weighted by Crippen LogP contribution is 2.21. The molecule has 0 saturated carbocycles. The molecule has 5 heteroatoms. The van der Waals surface area contributed by atoms with Crippen LogP contribution in [-0.2, 0) is 22.0 Å². The van der Waals surface area contributed by atoms with Gasteiger partial charge in [-0.1, -0.05) is 28.1 Å². The fourth-order valence-corrected chi connectivity index (χ4v) is 3.91. The van der Waals surface area contributed by atoms with Gasteiger partial charge in [-0.05, 0) is 31.5 Å². The molecule has 0 spiro atoms. The third-order valence-corrected chi connectivity index (χ3v) is 5.74. The van der Waals surface area contributed by atoms with Crippen molar-refractivity contribution in [2.24, 2.45) is 0 Å². The number of halogens is 1. The van der Waals surface area contributed by atoms with Gasteiger partial charge in [-0.25, -0.2) is 0 Å². The zero-order valence-corrected chi connectivity index (χ0v) is 13.6. The lowest BCUT2D eigenvalue weighted by Gasteiger charge is -2.37. The van der Waals surface area contributed by atoms with Gasteiger partial charge in [0.25, 0.3) is 0 Å². The van der Waals surface area contributed by atoms with E-state index in [1.165, 1.54) is 0 Å².